The van der Waals surface area contributed by atoms with Gasteiger partial charge in [-0.25, -0.2) is 4.98 Å². The van der Waals surface area contributed by atoms with Gasteiger partial charge in [-0.3, -0.25) is 4.79 Å². The molecule has 2 N–H and O–H groups in total. The number of aryl methyl sites for hydroxylation is 1. The number of nitrogen functional groups attached to an aromatic ring is 1. The highest BCUT2D eigenvalue weighted by Crippen LogP contribution is 2.24. The second-order valence-electron chi connectivity index (χ2n) is 4.27. The summed E-state index contributed by atoms with van der Waals surface area (Å²) in [4.78, 5) is 18.5. The lowest BCUT2D eigenvalue weighted by Crippen LogP contribution is -2.32. The first-order valence-corrected chi connectivity index (χ1v) is 7.10. The van der Waals surface area contributed by atoms with Gasteiger partial charge < -0.3 is 10.6 Å². The van der Waals surface area contributed by atoms with E-state index in [9.17, 15) is 4.79 Å². The molecule has 0 aliphatic heterocycles. The third-order valence-electron chi connectivity index (χ3n) is 2.76. The van der Waals surface area contributed by atoms with Gasteiger partial charge in [0.2, 0.25) is 0 Å². The van der Waals surface area contributed by atoms with Gasteiger partial charge in [0.25, 0.3) is 5.91 Å². The highest BCUT2D eigenvalue weighted by atomic mass is 32.1. The van der Waals surface area contributed by atoms with E-state index in [1.54, 1.807) is 16.3 Å². The molecule has 4 nitrogen and oxygen atoms in total. The molecule has 0 spiro atoms. The Balaban J connectivity index is 2.35. The van der Waals surface area contributed by atoms with Gasteiger partial charge in [0.1, 0.15) is 5.69 Å². The van der Waals surface area contributed by atoms with Crippen LogP contribution >= 0.6 is 11.3 Å². The maximum Gasteiger partial charge on any atom is 0.277 e. The van der Waals surface area contributed by atoms with Crippen LogP contribution in [-0.2, 0) is 0 Å². The number of carbonyl (C=O) groups is 1. The topological polar surface area (TPSA) is 59.2 Å². The summed E-state index contributed by atoms with van der Waals surface area (Å²) in [6, 6.07) is 7.41. The van der Waals surface area contributed by atoms with Crippen molar-refractivity contribution in [2.45, 2.75) is 20.3 Å². The Hall–Kier alpha value is -1.88. The third-order valence-corrected chi connectivity index (χ3v) is 3.53. The number of para-hydroxylation sites is 2. The van der Waals surface area contributed by atoms with E-state index >= 15 is 0 Å². The number of benzene rings is 1. The summed E-state index contributed by atoms with van der Waals surface area (Å²) in [6.07, 6.45) is 0.864. The van der Waals surface area contributed by atoms with Gasteiger partial charge in [0.05, 0.1) is 16.4 Å². The molecule has 0 radical (unpaired) electrons. The van der Waals surface area contributed by atoms with Crippen LogP contribution in [-0.4, -0.2) is 17.4 Å². The summed E-state index contributed by atoms with van der Waals surface area (Å²) < 4.78 is 0. The molecule has 1 heterocycles. The number of anilines is 2. The second kappa shape index (κ2) is 5.84. The summed E-state index contributed by atoms with van der Waals surface area (Å²) in [6.45, 7) is 4.55. The quantitative estimate of drug-likeness (QED) is 0.872. The molecule has 1 amide bonds. The molecule has 19 heavy (non-hydrogen) atoms. The maximum atomic E-state index is 12.5. The number of carbonyl (C=O) groups excluding carboxylic acids is 1. The van der Waals surface area contributed by atoms with Crippen LogP contribution in [0.4, 0.5) is 11.4 Å². The van der Waals surface area contributed by atoms with Crippen molar-refractivity contribution in [3.63, 3.8) is 0 Å². The number of hydrogen-bond donors (Lipinski definition) is 1. The van der Waals surface area contributed by atoms with Crippen LogP contribution in [0.25, 0.3) is 0 Å². The van der Waals surface area contributed by atoms with Crippen molar-refractivity contribution in [3.05, 3.63) is 40.3 Å². The predicted molar refractivity (Wildman–Crippen MR) is 79.7 cm³/mol. The summed E-state index contributed by atoms with van der Waals surface area (Å²) in [5.74, 6) is -0.0934. The van der Waals surface area contributed by atoms with Crippen LogP contribution in [0.15, 0.2) is 29.6 Å². The van der Waals surface area contributed by atoms with Gasteiger partial charge in [-0.1, -0.05) is 19.1 Å². The molecule has 0 aliphatic carbocycles. The normalized spacial score (nSPS) is 10.4. The Labute approximate surface area is 116 Å². The lowest BCUT2D eigenvalue weighted by Gasteiger charge is -2.22. The molecule has 0 atom stereocenters. The number of thiazole rings is 1. The summed E-state index contributed by atoms with van der Waals surface area (Å²) in [7, 11) is 0. The predicted octanol–water partition coefficient (Wildman–Crippen LogP) is 3.09. The minimum atomic E-state index is -0.0934. The fourth-order valence-electron chi connectivity index (χ4n) is 1.89. The molecule has 100 valence electrons. The zero-order valence-corrected chi connectivity index (χ0v) is 11.9. The SMILES string of the molecule is CCCN(C(=O)c1csc(C)n1)c1ccccc1N. The molecule has 0 aliphatic rings. The lowest BCUT2D eigenvalue weighted by molar-refractivity contribution is 0.0983. The van der Waals surface area contributed by atoms with Gasteiger partial charge in [-0.05, 0) is 25.5 Å². The van der Waals surface area contributed by atoms with E-state index in [1.165, 1.54) is 11.3 Å². The zero-order valence-electron chi connectivity index (χ0n) is 11.1. The Kier molecular flexibility index (Phi) is 4.16. The van der Waals surface area contributed by atoms with Crippen LogP contribution in [0.1, 0.15) is 28.8 Å². The number of aromatic nitrogens is 1. The molecular weight excluding hydrogens is 258 g/mol. The van der Waals surface area contributed by atoms with Gasteiger partial charge in [-0.15, -0.1) is 11.3 Å². The van der Waals surface area contributed by atoms with Crippen LogP contribution in [0, 0.1) is 6.92 Å². The summed E-state index contributed by atoms with van der Waals surface area (Å²) >= 11 is 1.48. The molecular formula is C14H17N3OS. The second-order valence-corrected chi connectivity index (χ2v) is 5.33. The van der Waals surface area contributed by atoms with Crippen molar-refractivity contribution in [2.24, 2.45) is 0 Å². The highest BCUT2D eigenvalue weighted by molar-refractivity contribution is 7.09. The van der Waals surface area contributed by atoms with Crippen LogP contribution in [0.3, 0.4) is 0 Å². The Bertz CT molecular complexity index is 580. The first-order valence-electron chi connectivity index (χ1n) is 6.22. The van der Waals surface area contributed by atoms with Gasteiger partial charge in [0.15, 0.2) is 0 Å². The third kappa shape index (κ3) is 2.93. The van der Waals surface area contributed by atoms with Crippen LogP contribution < -0.4 is 10.6 Å². The number of hydrogen-bond acceptors (Lipinski definition) is 4. The van der Waals surface area contributed by atoms with E-state index in [2.05, 4.69) is 4.98 Å². The first-order chi connectivity index (χ1) is 9.13. The molecule has 0 fully saturated rings. The minimum absolute atomic E-state index is 0.0934. The van der Waals surface area contributed by atoms with E-state index < -0.39 is 0 Å². The average molecular weight is 275 g/mol. The number of amides is 1. The minimum Gasteiger partial charge on any atom is -0.397 e. The average Bonchev–Trinajstić information content (AvgIpc) is 2.83. The molecule has 1 aromatic heterocycles. The number of nitrogens with zero attached hydrogens (tertiary/aromatic N) is 2. The molecule has 5 heteroatoms. The van der Waals surface area contributed by atoms with Gasteiger partial charge in [0, 0.05) is 11.9 Å². The van der Waals surface area contributed by atoms with Crippen LogP contribution in [0.2, 0.25) is 0 Å². The van der Waals surface area contributed by atoms with Crippen molar-refractivity contribution >= 4 is 28.6 Å². The molecule has 0 saturated heterocycles. The van der Waals surface area contributed by atoms with E-state index in [-0.39, 0.29) is 5.91 Å². The van der Waals surface area contributed by atoms with Crippen molar-refractivity contribution in [1.82, 2.24) is 4.98 Å². The van der Waals surface area contributed by atoms with Crippen molar-refractivity contribution in [3.8, 4) is 0 Å². The van der Waals surface area contributed by atoms with E-state index in [1.807, 2.05) is 32.0 Å². The highest BCUT2D eigenvalue weighted by Gasteiger charge is 2.20. The molecule has 2 aromatic rings. The van der Waals surface area contributed by atoms with Crippen LogP contribution in [0.5, 0.6) is 0 Å². The molecule has 0 bridgehead atoms. The summed E-state index contributed by atoms with van der Waals surface area (Å²) in [5.41, 5.74) is 7.80. The molecule has 0 saturated carbocycles. The zero-order chi connectivity index (χ0) is 13.8. The largest absolute Gasteiger partial charge is 0.397 e. The van der Waals surface area contributed by atoms with Gasteiger partial charge in [-0.2, -0.15) is 0 Å². The van der Waals surface area contributed by atoms with Crippen molar-refractivity contribution < 1.29 is 4.79 Å². The Morgan fingerprint density at radius 3 is 2.74 bits per heavy atom. The number of nitrogens with two attached hydrogens (primary N) is 1. The maximum absolute atomic E-state index is 12.5. The molecule has 2 rings (SSSR count). The fraction of sp³-hybridized carbons (Fsp3) is 0.286. The number of rotatable bonds is 4. The monoisotopic (exact) mass is 275 g/mol. The Morgan fingerprint density at radius 1 is 1.42 bits per heavy atom. The first kappa shape index (κ1) is 13.5. The van der Waals surface area contributed by atoms with Gasteiger partial charge >= 0.3 is 0 Å². The smallest absolute Gasteiger partial charge is 0.277 e. The van der Waals surface area contributed by atoms with Crippen molar-refractivity contribution in [1.29, 1.82) is 0 Å². The summed E-state index contributed by atoms with van der Waals surface area (Å²) in [5, 5.41) is 2.68. The molecule has 0 unspecified atom stereocenters. The lowest BCUT2D eigenvalue weighted by atomic mass is 10.2. The molecule has 1 aromatic carbocycles. The van der Waals surface area contributed by atoms with Crippen molar-refractivity contribution in [2.75, 3.05) is 17.2 Å². The van der Waals surface area contributed by atoms with E-state index in [0.29, 0.717) is 17.9 Å². The van der Waals surface area contributed by atoms with E-state index in [4.69, 9.17) is 5.73 Å². The Morgan fingerprint density at radius 2 is 2.16 bits per heavy atom. The standard InChI is InChI=1S/C14H17N3OS/c1-3-8-17(13-7-5-4-6-11(13)15)14(18)12-9-19-10(2)16-12/h4-7,9H,3,8,15H2,1-2H3. The fourth-order valence-corrected chi connectivity index (χ4v) is 2.48. The van der Waals surface area contributed by atoms with E-state index in [0.717, 1.165) is 17.1 Å².